The highest BCUT2D eigenvalue weighted by Gasteiger charge is 2.25. The van der Waals surface area contributed by atoms with Crippen LogP contribution < -0.4 is 11.1 Å². The molecule has 3 N–H and O–H groups in total. The molecule has 2 rings (SSSR count). The van der Waals surface area contributed by atoms with E-state index in [0.717, 1.165) is 19.4 Å². The Morgan fingerprint density at radius 3 is 3.00 bits per heavy atom. The molecule has 1 aromatic carbocycles. The molecule has 1 fully saturated rings. The second kappa shape index (κ2) is 5.59. The summed E-state index contributed by atoms with van der Waals surface area (Å²) in [5, 5.41) is 3.26. The molecular formula is C13H17ClN2O2. The second-order valence-electron chi connectivity index (χ2n) is 4.52. The van der Waals surface area contributed by atoms with Gasteiger partial charge in [0.15, 0.2) is 0 Å². The van der Waals surface area contributed by atoms with Crippen molar-refractivity contribution in [2.75, 3.05) is 12.3 Å². The zero-order chi connectivity index (χ0) is 13.1. The van der Waals surface area contributed by atoms with E-state index in [1.54, 1.807) is 18.2 Å². The summed E-state index contributed by atoms with van der Waals surface area (Å²) in [5.41, 5.74) is 6.50. The minimum absolute atomic E-state index is 0.0457. The van der Waals surface area contributed by atoms with Gasteiger partial charge in [0, 0.05) is 12.3 Å². The quantitative estimate of drug-likeness (QED) is 0.826. The lowest BCUT2D eigenvalue weighted by Crippen LogP contribution is -2.41. The number of halogens is 1. The summed E-state index contributed by atoms with van der Waals surface area (Å²) in [6.07, 6.45) is 2.09. The highest BCUT2D eigenvalue weighted by Crippen LogP contribution is 2.22. The number of nitrogens with one attached hydrogen (secondary N) is 1. The molecular weight excluding hydrogens is 252 g/mol. The van der Waals surface area contributed by atoms with Gasteiger partial charge in [-0.15, -0.1) is 0 Å². The van der Waals surface area contributed by atoms with E-state index in [-0.39, 0.29) is 18.1 Å². The fourth-order valence-electron chi connectivity index (χ4n) is 2.15. The molecule has 0 aromatic heterocycles. The number of nitrogens with two attached hydrogens (primary N) is 1. The number of carbonyl (C=O) groups is 1. The first-order valence-electron chi connectivity index (χ1n) is 6.06. The van der Waals surface area contributed by atoms with Gasteiger partial charge in [-0.3, -0.25) is 4.79 Å². The van der Waals surface area contributed by atoms with Gasteiger partial charge in [0.1, 0.15) is 0 Å². The zero-order valence-electron chi connectivity index (χ0n) is 10.3. The maximum absolute atomic E-state index is 12.1. The number of benzene rings is 1. The Morgan fingerprint density at radius 2 is 2.39 bits per heavy atom. The summed E-state index contributed by atoms with van der Waals surface area (Å²) in [4.78, 5) is 12.1. The van der Waals surface area contributed by atoms with Crippen LogP contribution in [0, 0.1) is 0 Å². The van der Waals surface area contributed by atoms with E-state index in [4.69, 9.17) is 22.1 Å². The molecule has 1 aliphatic heterocycles. The molecule has 4 nitrogen and oxygen atoms in total. The number of carbonyl (C=O) groups excluding carboxylic acids is 1. The fraction of sp³-hybridized carbons (Fsp3) is 0.462. The van der Waals surface area contributed by atoms with Crippen LogP contribution in [0.5, 0.6) is 0 Å². The normalized spacial score (nSPS) is 20.7. The highest BCUT2D eigenvalue weighted by atomic mass is 35.5. The first-order valence-corrected chi connectivity index (χ1v) is 6.44. The van der Waals surface area contributed by atoms with Crippen LogP contribution in [-0.4, -0.2) is 24.7 Å². The zero-order valence-corrected chi connectivity index (χ0v) is 11.0. The molecule has 1 saturated heterocycles. The monoisotopic (exact) mass is 268 g/mol. The van der Waals surface area contributed by atoms with E-state index in [0.29, 0.717) is 16.3 Å². The SMILES string of the molecule is CC(NC(=O)c1c(N)cccc1Cl)C1CCCO1. The van der Waals surface area contributed by atoms with E-state index in [9.17, 15) is 4.79 Å². The number of anilines is 1. The van der Waals surface area contributed by atoms with Gasteiger partial charge in [-0.05, 0) is 31.9 Å². The van der Waals surface area contributed by atoms with Crippen molar-refractivity contribution < 1.29 is 9.53 Å². The van der Waals surface area contributed by atoms with Gasteiger partial charge in [-0.2, -0.15) is 0 Å². The molecule has 0 bridgehead atoms. The third kappa shape index (κ3) is 2.76. The number of amides is 1. The van der Waals surface area contributed by atoms with E-state index >= 15 is 0 Å². The van der Waals surface area contributed by atoms with Gasteiger partial charge < -0.3 is 15.8 Å². The summed E-state index contributed by atoms with van der Waals surface area (Å²) >= 11 is 6.00. The first kappa shape index (κ1) is 13.2. The summed E-state index contributed by atoms with van der Waals surface area (Å²) in [6, 6.07) is 5.00. The van der Waals surface area contributed by atoms with Crippen LogP contribution in [0.1, 0.15) is 30.1 Å². The summed E-state index contributed by atoms with van der Waals surface area (Å²) in [5.74, 6) is -0.249. The molecule has 2 unspecified atom stereocenters. The third-order valence-corrected chi connectivity index (χ3v) is 3.47. The second-order valence-corrected chi connectivity index (χ2v) is 4.92. The predicted molar refractivity (Wildman–Crippen MR) is 71.8 cm³/mol. The van der Waals surface area contributed by atoms with Crippen molar-refractivity contribution in [2.24, 2.45) is 0 Å². The van der Waals surface area contributed by atoms with Crippen molar-refractivity contribution in [1.29, 1.82) is 0 Å². The molecule has 5 heteroatoms. The van der Waals surface area contributed by atoms with Crippen LogP contribution >= 0.6 is 11.6 Å². The minimum atomic E-state index is -0.249. The van der Waals surface area contributed by atoms with Crippen LogP contribution in [-0.2, 0) is 4.74 Å². The van der Waals surface area contributed by atoms with Gasteiger partial charge in [-0.25, -0.2) is 0 Å². The topological polar surface area (TPSA) is 64.4 Å². The molecule has 0 spiro atoms. The van der Waals surface area contributed by atoms with E-state index in [1.807, 2.05) is 6.92 Å². The van der Waals surface area contributed by atoms with Crippen LogP contribution in [0.25, 0.3) is 0 Å². The van der Waals surface area contributed by atoms with Crippen LogP contribution in [0.3, 0.4) is 0 Å². The molecule has 2 atom stereocenters. The Bertz CT molecular complexity index is 424. The van der Waals surface area contributed by atoms with Gasteiger partial charge in [0.25, 0.3) is 5.91 Å². The van der Waals surface area contributed by atoms with Crippen molar-refractivity contribution in [3.63, 3.8) is 0 Å². The van der Waals surface area contributed by atoms with Crippen LogP contribution in [0.4, 0.5) is 5.69 Å². The van der Waals surface area contributed by atoms with Gasteiger partial charge in [0.2, 0.25) is 0 Å². The van der Waals surface area contributed by atoms with Crippen molar-refractivity contribution in [1.82, 2.24) is 5.32 Å². The number of rotatable bonds is 3. The Labute approximate surface area is 111 Å². The summed E-state index contributed by atoms with van der Waals surface area (Å²) in [6.45, 7) is 2.69. The number of hydrogen-bond acceptors (Lipinski definition) is 3. The number of nitrogen functional groups attached to an aromatic ring is 1. The Kier molecular flexibility index (Phi) is 4.09. The van der Waals surface area contributed by atoms with Crippen LogP contribution in [0.15, 0.2) is 18.2 Å². The predicted octanol–water partition coefficient (Wildman–Crippen LogP) is 2.22. The molecule has 1 aromatic rings. The average Bonchev–Trinajstić information content (AvgIpc) is 2.81. The largest absolute Gasteiger partial charge is 0.398 e. The lowest BCUT2D eigenvalue weighted by atomic mass is 10.1. The average molecular weight is 269 g/mol. The van der Waals surface area contributed by atoms with Crippen LogP contribution in [0.2, 0.25) is 5.02 Å². The van der Waals surface area contributed by atoms with Crippen molar-refractivity contribution in [2.45, 2.75) is 31.9 Å². The Hall–Kier alpha value is -1.26. The molecule has 0 saturated carbocycles. The van der Waals surface area contributed by atoms with Crippen molar-refractivity contribution in [3.05, 3.63) is 28.8 Å². The smallest absolute Gasteiger partial charge is 0.255 e. The molecule has 98 valence electrons. The lowest BCUT2D eigenvalue weighted by molar-refractivity contribution is 0.0713. The number of ether oxygens (including phenoxy) is 1. The molecule has 1 amide bonds. The Balaban J connectivity index is 2.07. The maximum atomic E-state index is 12.1. The molecule has 1 heterocycles. The van der Waals surface area contributed by atoms with Crippen molar-refractivity contribution in [3.8, 4) is 0 Å². The molecule has 18 heavy (non-hydrogen) atoms. The van der Waals surface area contributed by atoms with Gasteiger partial charge >= 0.3 is 0 Å². The molecule has 0 aliphatic carbocycles. The lowest BCUT2D eigenvalue weighted by Gasteiger charge is -2.20. The van der Waals surface area contributed by atoms with Gasteiger partial charge in [0.05, 0.1) is 22.7 Å². The first-order chi connectivity index (χ1) is 8.59. The van der Waals surface area contributed by atoms with Gasteiger partial charge in [-0.1, -0.05) is 17.7 Å². The summed E-state index contributed by atoms with van der Waals surface area (Å²) < 4.78 is 5.53. The maximum Gasteiger partial charge on any atom is 0.255 e. The third-order valence-electron chi connectivity index (χ3n) is 3.15. The fourth-order valence-corrected chi connectivity index (χ4v) is 2.42. The summed E-state index contributed by atoms with van der Waals surface area (Å²) in [7, 11) is 0. The number of hydrogen-bond donors (Lipinski definition) is 2. The van der Waals surface area contributed by atoms with Crippen molar-refractivity contribution >= 4 is 23.2 Å². The molecule has 1 aliphatic rings. The minimum Gasteiger partial charge on any atom is -0.398 e. The van der Waals surface area contributed by atoms with E-state index < -0.39 is 0 Å². The standard InChI is InChI=1S/C13H17ClN2O2/c1-8(11-6-3-7-18-11)16-13(17)12-9(14)4-2-5-10(12)15/h2,4-5,8,11H,3,6-7,15H2,1H3,(H,16,17). The molecule has 0 radical (unpaired) electrons. The van der Waals surface area contributed by atoms with E-state index in [2.05, 4.69) is 5.32 Å². The Morgan fingerprint density at radius 1 is 1.61 bits per heavy atom. The van der Waals surface area contributed by atoms with E-state index in [1.165, 1.54) is 0 Å². The highest BCUT2D eigenvalue weighted by molar-refractivity contribution is 6.34.